The van der Waals surface area contributed by atoms with Gasteiger partial charge in [0.15, 0.2) is 0 Å². The largest absolute Gasteiger partial charge is 0.416 e. The molecule has 0 aliphatic carbocycles. The number of rotatable bonds is 7. The van der Waals surface area contributed by atoms with E-state index in [1.54, 1.807) is 4.90 Å². The second-order valence-electron chi connectivity index (χ2n) is 11.1. The number of para-hydroxylation sites is 3. The lowest BCUT2D eigenvalue weighted by Crippen LogP contribution is -2.45. The summed E-state index contributed by atoms with van der Waals surface area (Å²) in [4.78, 5) is 22.4. The molecule has 4 aromatic rings. The number of aromatic nitrogens is 2. The number of aryl methyl sites for hydroxylation is 1. The molecule has 0 saturated carbocycles. The van der Waals surface area contributed by atoms with Gasteiger partial charge in [0.2, 0.25) is 0 Å². The predicted molar refractivity (Wildman–Crippen MR) is 155 cm³/mol. The number of alkyl halides is 3. The SMILES string of the molecule is Cc1nc2ccccc2n1C1C[C@H]2CC[C@@H](C1)N2CCCN(C(=O)Nc1ccc(C(F)(F)F)cc1)c1ccccc1. The molecule has 3 heterocycles. The smallest absolute Gasteiger partial charge is 0.325 e. The first-order valence-corrected chi connectivity index (χ1v) is 14.3. The highest BCUT2D eigenvalue weighted by atomic mass is 19.4. The zero-order valence-electron chi connectivity index (χ0n) is 23.0. The van der Waals surface area contributed by atoms with E-state index in [-0.39, 0.29) is 6.03 Å². The van der Waals surface area contributed by atoms with Crippen LogP contribution < -0.4 is 10.2 Å². The highest BCUT2D eigenvalue weighted by Gasteiger charge is 2.41. The Balaban J connectivity index is 1.10. The minimum Gasteiger partial charge on any atom is -0.325 e. The second kappa shape index (κ2) is 11.2. The van der Waals surface area contributed by atoms with Crippen molar-refractivity contribution in [3.8, 4) is 0 Å². The first-order valence-electron chi connectivity index (χ1n) is 14.3. The Morgan fingerprint density at radius 2 is 1.59 bits per heavy atom. The van der Waals surface area contributed by atoms with Gasteiger partial charge in [-0.15, -0.1) is 0 Å². The number of fused-ring (bicyclic) bond motifs is 3. The van der Waals surface area contributed by atoms with Crippen LogP contribution in [0.3, 0.4) is 0 Å². The molecule has 9 heteroatoms. The Kier molecular flexibility index (Phi) is 7.46. The van der Waals surface area contributed by atoms with Gasteiger partial charge in [0.1, 0.15) is 5.82 Å². The number of piperidine rings is 1. The van der Waals surface area contributed by atoms with Gasteiger partial charge in [0.25, 0.3) is 0 Å². The number of halogens is 3. The summed E-state index contributed by atoms with van der Waals surface area (Å²) in [6, 6.07) is 23.4. The standard InChI is InChI=1S/C32H34F3N5O/c1-22-36-29-10-5-6-11-30(29)40(22)28-20-26-16-17-27(21-28)38(26)18-7-19-39(25-8-3-2-4-9-25)31(41)37-24-14-12-23(13-15-24)32(33,34)35/h2-6,8-15,26-28H,7,16-21H2,1H3,(H,37,41)/t26-,27+,28?. The lowest BCUT2D eigenvalue weighted by atomic mass is 9.96. The number of anilines is 2. The van der Waals surface area contributed by atoms with Crippen molar-refractivity contribution in [1.29, 1.82) is 0 Å². The summed E-state index contributed by atoms with van der Waals surface area (Å²) in [6.45, 7) is 3.49. The van der Waals surface area contributed by atoms with E-state index < -0.39 is 11.7 Å². The van der Waals surface area contributed by atoms with Gasteiger partial charge < -0.3 is 9.88 Å². The van der Waals surface area contributed by atoms with Crippen LogP contribution in [0, 0.1) is 6.92 Å². The third-order valence-electron chi connectivity index (χ3n) is 8.57. The van der Waals surface area contributed by atoms with Crippen molar-refractivity contribution >= 4 is 28.4 Å². The molecule has 1 N–H and O–H groups in total. The van der Waals surface area contributed by atoms with Crippen LogP contribution in [0.2, 0.25) is 0 Å². The lowest BCUT2D eigenvalue weighted by molar-refractivity contribution is -0.137. The zero-order chi connectivity index (χ0) is 28.6. The number of carbonyl (C=O) groups excluding carboxylic acids is 1. The molecule has 6 rings (SSSR count). The van der Waals surface area contributed by atoms with Gasteiger partial charge in [0.05, 0.1) is 16.6 Å². The summed E-state index contributed by atoms with van der Waals surface area (Å²) in [5, 5.41) is 2.78. The molecular formula is C32H34F3N5O. The maximum atomic E-state index is 13.3. The van der Waals surface area contributed by atoms with E-state index in [1.807, 2.05) is 36.4 Å². The van der Waals surface area contributed by atoms with Crippen LogP contribution in [-0.4, -0.2) is 45.7 Å². The first kappa shape index (κ1) is 27.3. The molecule has 2 aliphatic heterocycles. The monoisotopic (exact) mass is 561 g/mol. The van der Waals surface area contributed by atoms with Gasteiger partial charge in [-0.25, -0.2) is 9.78 Å². The molecule has 6 nitrogen and oxygen atoms in total. The maximum absolute atomic E-state index is 13.3. The third kappa shape index (κ3) is 5.68. The molecule has 1 aromatic heterocycles. The topological polar surface area (TPSA) is 53.4 Å². The highest BCUT2D eigenvalue weighted by molar-refractivity contribution is 6.01. The van der Waals surface area contributed by atoms with Crippen LogP contribution >= 0.6 is 0 Å². The minimum absolute atomic E-state index is 0.325. The third-order valence-corrected chi connectivity index (χ3v) is 8.57. The number of hydrogen-bond donors (Lipinski definition) is 1. The molecule has 3 atom stereocenters. The molecule has 2 aliphatic rings. The van der Waals surface area contributed by atoms with Crippen molar-refractivity contribution in [2.75, 3.05) is 23.3 Å². The van der Waals surface area contributed by atoms with E-state index in [4.69, 9.17) is 4.98 Å². The summed E-state index contributed by atoms with van der Waals surface area (Å²) in [7, 11) is 0. The number of nitrogens with zero attached hydrogens (tertiary/aromatic N) is 4. The van der Waals surface area contributed by atoms with Crippen molar-refractivity contribution < 1.29 is 18.0 Å². The molecule has 2 fully saturated rings. The van der Waals surface area contributed by atoms with Crippen molar-refractivity contribution in [2.24, 2.45) is 0 Å². The molecule has 41 heavy (non-hydrogen) atoms. The maximum Gasteiger partial charge on any atom is 0.416 e. The molecule has 0 radical (unpaired) electrons. The van der Waals surface area contributed by atoms with Crippen molar-refractivity contribution in [1.82, 2.24) is 14.5 Å². The average Bonchev–Trinajstić information content (AvgIpc) is 3.41. The van der Waals surface area contributed by atoms with E-state index in [2.05, 4.69) is 39.9 Å². The minimum atomic E-state index is -4.42. The van der Waals surface area contributed by atoms with Crippen LogP contribution in [0.25, 0.3) is 11.0 Å². The van der Waals surface area contributed by atoms with Gasteiger partial charge in [-0.2, -0.15) is 13.2 Å². The molecular weight excluding hydrogens is 527 g/mol. The molecule has 3 aromatic carbocycles. The summed E-state index contributed by atoms with van der Waals surface area (Å²) in [6.07, 6.45) is 0.925. The quantitative estimate of drug-likeness (QED) is 0.252. The summed E-state index contributed by atoms with van der Waals surface area (Å²) >= 11 is 0. The Morgan fingerprint density at radius 1 is 0.927 bits per heavy atom. The summed E-state index contributed by atoms with van der Waals surface area (Å²) in [5.41, 5.74) is 2.59. The lowest BCUT2D eigenvalue weighted by Gasteiger charge is -2.40. The van der Waals surface area contributed by atoms with Crippen LogP contribution in [0.5, 0.6) is 0 Å². The molecule has 0 spiro atoms. The Bertz CT molecular complexity index is 1490. The summed E-state index contributed by atoms with van der Waals surface area (Å²) < 4.78 is 41.3. The number of hydrogen-bond acceptors (Lipinski definition) is 3. The highest BCUT2D eigenvalue weighted by Crippen LogP contribution is 2.42. The molecule has 2 amide bonds. The van der Waals surface area contributed by atoms with Crippen molar-refractivity contribution in [3.63, 3.8) is 0 Å². The normalized spacial score (nSPS) is 20.8. The van der Waals surface area contributed by atoms with Crippen LogP contribution in [0.15, 0.2) is 78.9 Å². The van der Waals surface area contributed by atoms with Crippen LogP contribution in [0.4, 0.5) is 29.3 Å². The van der Waals surface area contributed by atoms with Gasteiger partial charge in [-0.3, -0.25) is 9.80 Å². The van der Waals surface area contributed by atoms with Gasteiger partial charge in [0, 0.05) is 42.6 Å². The number of urea groups is 1. The van der Waals surface area contributed by atoms with Gasteiger partial charge >= 0.3 is 12.2 Å². The van der Waals surface area contributed by atoms with Gasteiger partial charge in [-0.05, 0) is 87.6 Å². The van der Waals surface area contributed by atoms with Crippen molar-refractivity contribution in [2.45, 2.75) is 63.3 Å². The predicted octanol–water partition coefficient (Wildman–Crippen LogP) is 7.66. The van der Waals surface area contributed by atoms with E-state index >= 15 is 0 Å². The average molecular weight is 562 g/mol. The van der Waals surface area contributed by atoms with E-state index in [1.165, 1.54) is 30.5 Å². The van der Waals surface area contributed by atoms with Crippen molar-refractivity contribution in [3.05, 3.63) is 90.3 Å². The Hall–Kier alpha value is -3.85. The molecule has 2 bridgehead atoms. The van der Waals surface area contributed by atoms with Gasteiger partial charge in [-0.1, -0.05) is 30.3 Å². The molecule has 2 saturated heterocycles. The molecule has 214 valence electrons. The van der Waals surface area contributed by atoms with Crippen LogP contribution in [-0.2, 0) is 6.18 Å². The fourth-order valence-corrected chi connectivity index (χ4v) is 6.75. The van der Waals surface area contributed by atoms with E-state index in [9.17, 15) is 18.0 Å². The summed E-state index contributed by atoms with van der Waals surface area (Å²) in [5.74, 6) is 1.07. The zero-order valence-corrected chi connectivity index (χ0v) is 23.0. The Labute approximate surface area is 237 Å². The second-order valence-corrected chi connectivity index (χ2v) is 11.1. The number of amides is 2. The van der Waals surface area contributed by atoms with E-state index in [0.717, 1.165) is 55.0 Å². The number of nitrogens with one attached hydrogen (secondary N) is 1. The first-order chi connectivity index (χ1) is 19.8. The fourth-order valence-electron chi connectivity index (χ4n) is 6.75. The Morgan fingerprint density at radius 3 is 2.27 bits per heavy atom. The number of imidazole rings is 1. The van der Waals surface area contributed by atoms with Crippen LogP contribution in [0.1, 0.15) is 49.5 Å². The molecule has 1 unspecified atom stereocenters. The number of carbonyl (C=O) groups is 1. The van der Waals surface area contributed by atoms with E-state index in [0.29, 0.717) is 30.4 Å². The number of benzene rings is 3. The fraction of sp³-hybridized carbons (Fsp3) is 0.375.